The molecule has 0 spiro atoms. The minimum atomic E-state index is -0.191. The third-order valence-corrected chi connectivity index (χ3v) is 5.98. The molecule has 41 heavy (non-hydrogen) atoms. The number of ether oxygens (including phenoxy) is 1. The molecule has 0 aromatic heterocycles. The van der Waals surface area contributed by atoms with Crippen molar-refractivity contribution in [3.63, 3.8) is 0 Å². The lowest BCUT2D eigenvalue weighted by Crippen LogP contribution is -2.06. The second-order valence-corrected chi connectivity index (χ2v) is 8.37. The molecule has 0 saturated heterocycles. The molecule has 0 amide bonds. The average Bonchev–Trinajstić information content (AvgIpc) is 3.13. The molecule has 0 radical (unpaired) electrons. The summed E-state index contributed by atoms with van der Waals surface area (Å²) in [6.07, 6.45) is 15.7. The van der Waals surface area contributed by atoms with Crippen LogP contribution in [0.5, 0.6) is 5.75 Å². The van der Waals surface area contributed by atoms with E-state index in [0.29, 0.717) is 29.9 Å². The first kappa shape index (κ1) is 36.8. The van der Waals surface area contributed by atoms with Gasteiger partial charge >= 0.3 is 0 Å². The fourth-order valence-corrected chi connectivity index (χ4v) is 3.94. The summed E-state index contributed by atoms with van der Waals surface area (Å²) < 4.78 is 6.30. The molecule has 220 valence electrons. The SMILES string of the molecule is C/C=C\C.C=C/C=C\C(=C/C)COc1ccc2ccccc2c1C1=C(O)C(C(=C)O)=CCC(=C)/C1=C\C.CC.CC. The van der Waals surface area contributed by atoms with Gasteiger partial charge in [-0.1, -0.05) is 126 Å². The Hall–Kier alpha value is -4.24. The molecule has 0 aliphatic heterocycles. The highest BCUT2D eigenvalue weighted by Crippen LogP contribution is 2.44. The highest BCUT2D eigenvalue weighted by Gasteiger charge is 2.26. The van der Waals surface area contributed by atoms with Gasteiger partial charge in [0.15, 0.2) is 0 Å². The van der Waals surface area contributed by atoms with Crippen LogP contribution in [-0.2, 0) is 0 Å². The summed E-state index contributed by atoms with van der Waals surface area (Å²) in [5, 5.41) is 23.5. The molecule has 1 aliphatic carbocycles. The summed E-state index contributed by atoms with van der Waals surface area (Å²) in [5.41, 5.74) is 4.24. The molecule has 3 heteroatoms. The number of allylic oxidation sites excluding steroid dienone is 10. The van der Waals surface area contributed by atoms with Gasteiger partial charge in [0, 0.05) is 11.1 Å². The monoisotopic (exact) mass is 554 g/mol. The normalized spacial score (nSPS) is 14.3. The van der Waals surface area contributed by atoms with Gasteiger partial charge in [0.1, 0.15) is 23.9 Å². The molecular weight excluding hydrogens is 504 g/mol. The van der Waals surface area contributed by atoms with Gasteiger partial charge in [0.25, 0.3) is 0 Å². The topological polar surface area (TPSA) is 49.7 Å². The highest BCUT2D eigenvalue weighted by atomic mass is 16.5. The van der Waals surface area contributed by atoms with Crippen molar-refractivity contribution >= 4 is 16.3 Å². The smallest absolute Gasteiger partial charge is 0.134 e. The van der Waals surface area contributed by atoms with E-state index in [-0.39, 0.29) is 11.5 Å². The Labute approximate surface area is 249 Å². The van der Waals surface area contributed by atoms with Crippen molar-refractivity contribution in [2.45, 2.75) is 61.8 Å². The third kappa shape index (κ3) is 10.3. The van der Waals surface area contributed by atoms with Gasteiger partial charge in [-0.25, -0.2) is 0 Å². The Morgan fingerprint density at radius 1 is 0.976 bits per heavy atom. The predicted molar refractivity (Wildman–Crippen MR) is 183 cm³/mol. The lowest BCUT2D eigenvalue weighted by atomic mass is 9.87. The second kappa shape index (κ2) is 20.6. The molecule has 3 rings (SSSR count). The predicted octanol–water partition coefficient (Wildman–Crippen LogP) is 11.7. The molecule has 2 N–H and O–H groups in total. The van der Waals surface area contributed by atoms with Crippen LogP contribution in [0.25, 0.3) is 16.3 Å². The van der Waals surface area contributed by atoms with Gasteiger partial charge in [-0.2, -0.15) is 0 Å². The van der Waals surface area contributed by atoms with Crippen LogP contribution in [0.3, 0.4) is 0 Å². The van der Waals surface area contributed by atoms with Crippen LogP contribution in [0.2, 0.25) is 0 Å². The molecule has 0 fully saturated rings. The molecule has 2 aromatic carbocycles. The highest BCUT2D eigenvalue weighted by molar-refractivity contribution is 6.03. The quantitative estimate of drug-likeness (QED) is 0.203. The van der Waals surface area contributed by atoms with Crippen LogP contribution < -0.4 is 4.74 Å². The molecule has 1 aliphatic rings. The number of hydrogen-bond acceptors (Lipinski definition) is 3. The Morgan fingerprint density at radius 2 is 1.61 bits per heavy atom. The molecule has 3 nitrogen and oxygen atoms in total. The zero-order valence-corrected chi connectivity index (χ0v) is 26.4. The van der Waals surface area contributed by atoms with Gasteiger partial charge in [0.05, 0.1) is 5.57 Å². The number of fused-ring (bicyclic) bond motifs is 1. The van der Waals surface area contributed by atoms with Crippen LogP contribution in [0.4, 0.5) is 0 Å². The van der Waals surface area contributed by atoms with Crippen molar-refractivity contribution in [3.05, 3.63) is 144 Å². The van der Waals surface area contributed by atoms with Crippen molar-refractivity contribution < 1.29 is 14.9 Å². The molecule has 0 saturated carbocycles. The Kier molecular flexibility index (Phi) is 18.5. The van der Waals surface area contributed by atoms with Crippen LogP contribution in [-0.4, -0.2) is 16.8 Å². The second-order valence-electron chi connectivity index (χ2n) is 8.37. The number of hydrogen-bond donors (Lipinski definition) is 2. The zero-order chi connectivity index (χ0) is 31.4. The standard InChI is InChI=1S/C30H30O3.C4H8.2C2H6/c1-6-9-12-22(7-2)19-33-27-18-16-23-13-10-11-14-26(23)28(27)29-24(8-3)20(4)15-17-25(21(5)31)30(29)32;1-3-4-2;2*1-2/h6-14,16-18,31-32H,1,4-5,15,19H2,2-3H3;3-4H,1-2H3;2*1-2H3/b12-9-,22-7+,24-8+;4-3-;;. The van der Waals surface area contributed by atoms with Crippen molar-refractivity contribution in [3.8, 4) is 5.75 Å². The summed E-state index contributed by atoms with van der Waals surface area (Å²) in [6, 6.07) is 11.9. The maximum Gasteiger partial charge on any atom is 0.134 e. The van der Waals surface area contributed by atoms with E-state index in [2.05, 4.69) is 19.7 Å². The maximum absolute atomic E-state index is 11.4. The van der Waals surface area contributed by atoms with E-state index in [4.69, 9.17) is 4.74 Å². The Morgan fingerprint density at radius 3 is 2.15 bits per heavy atom. The van der Waals surface area contributed by atoms with E-state index >= 15 is 0 Å². The minimum absolute atomic E-state index is 0.0479. The van der Waals surface area contributed by atoms with E-state index < -0.39 is 0 Å². The summed E-state index contributed by atoms with van der Waals surface area (Å²) in [5.74, 6) is 0.385. The van der Waals surface area contributed by atoms with Crippen LogP contribution in [0, 0.1) is 0 Å². The zero-order valence-electron chi connectivity index (χ0n) is 26.4. The maximum atomic E-state index is 11.4. The Bertz CT molecular complexity index is 1340. The molecule has 0 unspecified atom stereocenters. The fraction of sp³-hybridized carbons (Fsp3) is 0.263. The minimum Gasteiger partial charge on any atom is -0.508 e. The lowest BCUT2D eigenvalue weighted by molar-refractivity contribution is 0.354. The van der Waals surface area contributed by atoms with Crippen molar-refractivity contribution in [1.29, 1.82) is 0 Å². The Balaban J connectivity index is 0.00000180. The molecular formula is C38H50O3. The first-order chi connectivity index (χ1) is 19.8. The van der Waals surface area contributed by atoms with Crippen LogP contribution in [0.1, 0.15) is 67.4 Å². The molecule has 2 aromatic rings. The van der Waals surface area contributed by atoms with Crippen molar-refractivity contribution in [1.82, 2.24) is 0 Å². The van der Waals surface area contributed by atoms with Gasteiger partial charge < -0.3 is 14.9 Å². The number of aliphatic hydroxyl groups is 2. The fourth-order valence-electron chi connectivity index (χ4n) is 3.94. The average molecular weight is 555 g/mol. The molecule has 0 atom stereocenters. The summed E-state index contributed by atoms with van der Waals surface area (Å²) >= 11 is 0. The van der Waals surface area contributed by atoms with Gasteiger partial charge in [-0.05, 0) is 67.7 Å². The van der Waals surface area contributed by atoms with E-state index in [1.165, 1.54) is 0 Å². The first-order valence-electron chi connectivity index (χ1n) is 14.4. The third-order valence-electron chi connectivity index (χ3n) is 5.98. The van der Waals surface area contributed by atoms with Crippen LogP contribution in [0.15, 0.2) is 139 Å². The van der Waals surface area contributed by atoms with Crippen LogP contribution >= 0.6 is 0 Å². The summed E-state index contributed by atoms with van der Waals surface area (Å²) in [7, 11) is 0. The molecule has 0 heterocycles. The molecule has 0 bridgehead atoms. The first-order valence-corrected chi connectivity index (χ1v) is 14.4. The van der Waals surface area contributed by atoms with Crippen molar-refractivity contribution in [2.24, 2.45) is 0 Å². The summed E-state index contributed by atoms with van der Waals surface area (Å²) in [6.45, 7) is 27.8. The van der Waals surface area contributed by atoms with Gasteiger partial charge in [0.2, 0.25) is 0 Å². The summed E-state index contributed by atoms with van der Waals surface area (Å²) in [4.78, 5) is 0. The number of aliphatic hydroxyl groups excluding tert-OH is 2. The van der Waals surface area contributed by atoms with E-state index in [1.807, 2.05) is 128 Å². The van der Waals surface area contributed by atoms with E-state index in [0.717, 1.165) is 33.1 Å². The van der Waals surface area contributed by atoms with Gasteiger partial charge in [-0.15, -0.1) is 0 Å². The van der Waals surface area contributed by atoms with E-state index in [9.17, 15) is 10.2 Å². The number of rotatable bonds is 7. The van der Waals surface area contributed by atoms with E-state index in [1.54, 1.807) is 12.2 Å². The van der Waals surface area contributed by atoms with Crippen molar-refractivity contribution in [2.75, 3.05) is 6.61 Å². The largest absolute Gasteiger partial charge is 0.508 e. The van der Waals surface area contributed by atoms with Gasteiger partial charge in [-0.3, -0.25) is 0 Å². The lowest BCUT2D eigenvalue weighted by Gasteiger charge is -2.21. The number of benzene rings is 2.